The van der Waals surface area contributed by atoms with Crippen LogP contribution in [0.1, 0.15) is 49.9 Å². The summed E-state index contributed by atoms with van der Waals surface area (Å²) in [7, 11) is 0. The molecule has 4 rings (SSSR count). The van der Waals surface area contributed by atoms with Gasteiger partial charge in [0, 0.05) is 56.8 Å². The number of carbonyl (C=O) groups is 2. The smallest absolute Gasteiger partial charge is 0.245 e. The van der Waals surface area contributed by atoms with Crippen molar-refractivity contribution in [2.24, 2.45) is 0 Å². The molecule has 7 heteroatoms. The van der Waals surface area contributed by atoms with Gasteiger partial charge in [-0.1, -0.05) is 6.07 Å². The van der Waals surface area contributed by atoms with E-state index in [0.717, 1.165) is 50.3 Å². The summed E-state index contributed by atoms with van der Waals surface area (Å²) < 4.78 is 2.19. The van der Waals surface area contributed by atoms with Crippen LogP contribution in [-0.2, 0) is 16.1 Å². The Morgan fingerprint density at radius 3 is 2.75 bits per heavy atom. The summed E-state index contributed by atoms with van der Waals surface area (Å²) in [6.07, 6.45) is 10.8. The molecule has 1 unspecified atom stereocenters. The highest BCUT2D eigenvalue weighted by molar-refractivity contribution is 5.88. The van der Waals surface area contributed by atoms with Gasteiger partial charge in [0.15, 0.2) is 0 Å². The van der Waals surface area contributed by atoms with Gasteiger partial charge >= 0.3 is 0 Å². The van der Waals surface area contributed by atoms with E-state index < -0.39 is 0 Å². The van der Waals surface area contributed by atoms with Crippen LogP contribution in [0.5, 0.6) is 0 Å². The van der Waals surface area contributed by atoms with Crippen LogP contribution in [0.3, 0.4) is 0 Å². The average molecular weight is 381 g/mol. The molecule has 2 amide bonds. The van der Waals surface area contributed by atoms with Crippen LogP contribution in [0.25, 0.3) is 0 Å². The Hall–Kier alpha value is -2.70. The fraction of sp³-hybridized carbons (Fsp3) is 0.524. The zero-order chi connectivity index (χ0) is 19.5. The van der Waals surface area contributed by atoms with Crippen LogP contribution in [0.2, 0.25) is 0 Å². The molecule has 148 valence electrons. The van der Waals surface area contributed by atoms with E-state index in [1.54, 1.807) is 11.1 Å². The van der Waals surface area contributed by atoms with Crippen LogP contribution >= 0.6 is 0 Å². The zero-order valence-electron chi connectivity index (χ0n) is 16.3. The molecule has 2 fully saturated rings. The summed E-state index contributed by atoms with van der Waals surface area (Å²) in [5.41, 5.74) is 1.15. The van der Waals surface area contributed by atoms with E-state index in [1.165, 1.54) is 0 Å². The fourth-order valence-electron chi connectivity index (χ4n) is 4.34. The summed E-state index contributed by atoms with van der Waals surface area (Å²) in [6, 6.07) is 3.67. The molecular weight excluding hydrogens is 354 g/mol. The minimum absolute atomic E-state index is 0.0763. The zero-order valence-corrected chi connectivity index (χ0v) is 16.3. The van der Waals surface area contributed by atoms with Gasteiger partial charge in [-0.3, -0.25) is 14.6 Å². The van der Waals surface area contributed by atoms with E-state index in [4.69, 9.17) is 0 Å². The number of amides is 2. The lowest BCUT2D eigenvalue weighted by Gasteiger charge is -2.35. The molecule has 1 atom stereocenters. The molecule has 0 saturated carbocycles. The Labute approximate surface area is 165 Å². The number of piperidine rings is 1. The molecule has 0 aromatic carbocycles. The Morgan fingerprint density at radius 1 is 1.25 bits per heavy atom. The summed E-state index contributed by atoms with van der Waals surface area (Å²) in [4.78, 5) is 37.2. The first-order chi connectivity index (χ1) is 13.6. The van der Waals surface area contributed by atoms with Crippen molar-refractivity contribution in [2.75, 3.05) is 19.6 Å². The van der Waals surface area contributed by atoms with Crippen molar-refractivity contribution < 1.29 is 9.59 Å². The molecule has 0 radical (unpaired) electrons. The molecule has 0 spiro atoms. The maximum absolute atomic E-state index is 12.8. The minimum Gasteiger partial charge on any atom is -0.341 e. The Bertz CT molecular complexity index is 826. The SMILES string of the molecule is CC(C(=O)N1CCC(c2nccn2Cc2cccnc2)CC1)N1CCCC1=O. The average Bonchev–Trinajstić information content (AvgIpc) is 3.37. The number of imidazole rings is 1. The van der Waals surface area contributed by atoms with Crippen molar-refractivity contribution in [3.63, 3.8) is 0 Å². The lowest BCUT2D eigenvalue weighted by molar-refractivity contribution is -0.143. The lowest BCUT2D eigenvalue weighted by atomic mass is 9.95. The van der Waals surface area contributed by atoms with Gasteiger partial charge in [-0.05, 0) is 37.8 Å². The van der Waals surface area contributed by atoms with Crippen molar-refractivity contribution in [1.82, 2.24) is 24.3 Å². The molecule has 0 aliphatic carbocycles. The highest BCUT2D eigenvalue weighted by atomic mass is 16.2. The maximum atomic E-state index is 12.8. The molecule has 2 aromatic heterocycles. The number of rotatable bonds is 5. The molecule has 2 aromatic rings. The van der Waals surface area contributed by atoms with Crippen molar-refractivity contribution in [3.8, 4) is 0 Å². The van der Waals surface area contributed by atoms with E-state index >= 15 is 0 Å². The fourth-order valence-corrected chi connectivity index (χ4v) is 4.34. The number of hydrogen-bond donors (Lipinski definition) is 0. The van der Waals surface area contributed by atoms with Crippen molar-refractivity contribution >= 4 is 11.8 Å². The molecule has 4 heterocycles. The second-order valence-corrected chi connectivity index (χ2v) is 7.74. The van der Waals surface area contributed by atoms with Gasteiger partial charge < -0.3 is 14.4 Å². The Balaban J connectivity index is 1.36. The number of nitrogens with zero attached hydrogens (tertiary/aromatic N) is 5. The third kappa shape index (κ3) is 3.79. The van der Waals surface area contributed by atoms with Gasteiger partial charge in [-0.25, -0.2) is 4.98 Å². The van der Waals surface area contributed by atoms with Gasteiger partial charge in [-0.2, -0.15) is 0 Å². The van der Waals surface area contributed by atoms with Crippen LogP contribution in [0, 0.1) is 0 Å². The van der Waals surface area contributed by atoms with Crippen molar-refractivity contribution in [1.29, 1.82) is 0 Å². The quantitative estimate of drug-likeness (QED) is 0.795. The second kappa shape index (κ2) is 8.12. The Morgan fingerprint density at radius 2 is 2.07 bits per heavy atom. The first-order valence-corrected chi connectivity index (χ1v) is 10.1. The van der Waals surface area contributed by atoms with Gasteiger partial charge in [0.05, 0.1) is 6.54 Å². The summed E-state index contributed by atoms with van der Waals surface area (Å²) in [5.74, 6) is 1.61. The molecule has 0 bridgehead atoms. The minimum atomic E-state index is -0.348. The third-order valence-corrected chi connectivity index (χ3v) is 5.93. The Kier molecular flexibility index (Phi) is 5.41. The number of pyridine rings is 1. The van der Waals surface area contributed by atoms with Crippen LogP contribution in [-0.4, -0.2) is 61.8 Å². The summed E-state index contributed by atoms with van der Waals surface area (Å²) >= 11 is 0. The van der Waals surface area contributed by atoms with Crippen molar-refractivity contribution in [3.05, 3.63) is 48.3 Å². The maximum Gasteiger partial charge on any atom is 0.245 e. The molecule has 7 nitrogen and oxygen atoms in total. The highest BCUT2D eigenvalue weighted by Crippen LogP contribution is 2.28. The largest absolute Gasteiger partial charge is 0.341 e. The molecule has 2 aliphatic heterocycles. The molecule has 0 N–H and O–H groups in total. The highest BCUT2D eigenvalue weighted by Gasteiger charge is 2.34. The first kappa shape index (κ1) is 18.7. The van der Waals surface area contributed by atoms with E-state index in [0.29, 0.717) is 18.9 Å². The topological polar surface area (TPSA) is 71.3 Å². The number of hydrogen-bond acceptors (Lipinski definition) is 4. The predicted molar refractivity (Wildman–Crippen MR) is 105 cm³/mol. The standard InChI is InChI=1S/C21H27N5O2/c1-16(26-10-3-5-19(26)27)21(28)24-11-6-18(7-12-24)20-23-9-13-25(20)15-17-4-2-8-22-14-17/h2,4,8-9,13-14,16,18H,3,5-7,10-12,15H2,1H3. The van der Waals surface area contributed by atoms with Crippen molar-refractivity contribution in [2.45, 2.75) is 51.1 Å². The monoisotopic (exact) mass is 381 g/mol. The van der Waals surface area contributed by atoms with E-state index in [1.807, 2.05) is 36.5 Å². The molecule has 28 heavy (non-hydrogen) atoms. The number of likely N-dealkylation sites (tertiary alicyclic amines) is 2. The lowest BCUT2D eigenvalue weighted by Crippen LogP contribution is -2.49. The normalized spacial score (nSPS) is 19.2. The predicted octanol–water partition coefficient (Wildman–Crippen LogP) is 2.04. The van der Waals surface area contributed by atoms with Gasteiger partial charge in [0.25, 0.3) is 0 Å². The molecule has 2 aliphatic rings. The van der Waals surface area contributed by atoms with E-state index in [-0.39, 0.29) is 17.9 Å². The van der Waals surface area contributed by atoms with Gasteiger partial charge in [0.2, 0.25) is 11.8 Å². The molecule has 2 saturated heterocycles. The molecular formula is C21H27N5O2. The van der Waals surface area contributed by atoms with Crippen LogP contribution in [0.15, 0.2) is 36.9 Å². The first-order valence-electron chi connectivity index (χ1n) is 10.1. The summed E-state index contributed by atoms with van der Waals surface area (Å²) in [6.45, 7) is 4.76. The van der Waals surface area contributed by atoms with Crippen LogP contribution < -0.4 is 0 Å². The number of carbonyl (C=O) groups excluding carboxylic acids is 2. The van der Waals surface area contributed by atoms with E-state index in [2.05, 4.69) is 20.6 Å². The number of aromatic nitrogens is 3. The van der Waals surface area contributed by atoms with Gasteiger partial charge in [0.1, 0.15) is 11.9 Å². The second-order valence-electron chi connectivity index (χ2n) is 7.74. The third-order valence-electron chi connectivity index (χ3n) is 5.93. The van der Waals surface area contributed by atoms with Crippen LogP contribution in [0.4, 0.5) is 0 Å². The summed E-state index contributed by atoms with van der Waals surface area (Å²) in [5, 5.41) is 0. The van der Waals surface area contributed by atoms with E-state index in [9.17, 15) is 9.59 Å². The van der Waals surface area contributed by atoms with Gasteiger partial charge in [-0.15, -0.1) is 0 Å².